The molecule has 13 heavy (non-hydrogen) atoms. The van der Waals surface area contributed by atoms with Crippen LogP contribution in [0.3, 0.4) is 0 Å². The Morgan fingerprint density at radius 2 is 1.77 bits per heavy atom. The molecule has 1 aliphatic heterocycles. The molecule has 0 amide bonds. The molecular weight excluding hydrogens is 162 g/mol. The molecule has 0 spiro atoms. The lowest BCUT2D eigenvalue weighted by molar-refractivity contribution is 0.00399. The van der Waals surface area contributed by atoms with E-state index in [0.717, 1.165) is 11.8 Å². The summed E-state index contributed by atoms with van der Waals surface area (Å²) in [5.41, 5.74) is 0. The Kier molecular flexibility index (Phi) is 3.74. The van der Waals surface area contributed by atoms with E-state index in [0.29, 0.717) is 18.6 Å². The van der Waals surface area contributed by atoms with Gasteiger partial charge in [0.1, 0.15) is 0 Å². The molecule has 1 saturated heterocycles. The molecule has 2 unspecified atom stereocenters. The van der Waals surface area contributed by atoms with Crippen molar-refractivity contribution in [2.24, 2.45) is 17.8 Å². The van der Waals surface area contributed by atoms with Crippen LogP contribution in [0.2, 0.25) is 0 Å². The second kappa shape index (κ2) is 4.43. The summed E-state index contributed by atoms with van der Waals surface area (Å²) in [6, 6.07) is 0.542. The van der Waals surface area contributed by atoms with Gasteiger partial charge in [-0.2, -0.15) is 0 Å². The van der Waals surface area contributed by atoms with Gasteiger partial charge in [0.15, 0.2) is 0 Å². The maximum Gasteiger partial charge on any atom is 0.0471 e. The molecule has 2 heteroatoms. The number of nitrogens with zero attached hydrogens (tertiary/aromatic N) is 1. The predicted octanol–water partition coefficient (Wildman–Crippen LogP) is 1.59. The Balaban J connectivity index is 2.26. The molecule has 0 aromatic carbocycles. The van der Waals surface area contributed by atoms with Crippen LogP contribution in [0.5, 0.6) is 0 Å². The quantitative estimate of drug-likeness (QED) is 0.719. The Morgan fingerprint density at radius 3 is 2.15 bits per heavy atom. The van der Waals surface area contributed by atoms with Gasteiger partial charge in [-0.05, 0) is 24.7 Å². The maximum atomic E-state index is 9.02. The molecule has 0 saturated carbocycles. The predicted molar refractivity (Wildman–Crippen MR) is 55.6 cm³/mol. The molecule has 0 radical (unpaired) electrons. The van der Waals surface area contributed by atoms with E-state index >= 15 is 0 Å². The fourth-order valence-corrected chi connectivity index (χ4v) is 1.82. The van der Waals surface area contributed by atoms with Crippen molar-refractivity contribution in [1.82, 2.24) is 4.90 Å². The van der Waals surface area contributed by atoms with Crippen LogP contribution < -0.4 is 0 Å². The summed E-state index contributed by atoms with van der Waals surface area (Å²) >= 11 is 0. The van der Waals surface area contributed by atoms with Crippen LogP contribution in [-0.4, -0.2) is 35.7 Å². The van der Waals surface area contributed by atoms with Crippen LogP contribution in [0.4, 0.5) is 0 Å². The Bertz CT molecular complexity index is 152. The van der Waals surface area contributed by atoms with Crippen molar-refractivity contribution in [2.75, 3.05) is 19.7 Å². The smallest absolute Gasteiger partial charge is 0.0471 e. The SMILES string of the molecule is CC(C)C1CN(C(C)C(C)CO)C1. The standard InChI is InChI=1S/C11H23NO/c1-8(2)11-5-12(6-11)10(4)9(3)7-13/h8-11,13H,5-7H2,1-4H3. The first kappa shape index (κ1) is 11.0. The van der Waals surface area contributed by atoms with Gasteiger partial charge in [0, 0.05) is 25.7 Å². The minimum atomic E-state index is 0.310. The zero-order valence-corrected chi connectivity index (χ0v) is 9.33. The van der Waals surface area contributed by atoms with Crippen LogP contribution in [0.25, 0.3) is 0 Å². The van der Waals surface area contributed by atoms with Crippen LogP contribution >= 0.6 is 0 Å². The highest BCUT2D eigenvalue weighted by molar-refractivity contribution is 4.86. The molecule has 0 aromatic heterocycles. The average molecular weight is 185 g/mol. The highest BCUT2D eigenvalue weighted by atomic mass is 16.3. The number of rotatable bonds is 4. The minimum Gasteiger partial charge on any atom is -0.396 e. The normalized spacial score (nSPS) is 24.5. The monoisotopic (exact) mass is 185 g/mol. The van der Waals surface area contributed by atoms with E-state index in [9.17, 15) is 0 Å². The van der Waals surface area contributed by atoms with Gasteiger partial charge in [-0.3, -0.25) is 4.90 Å². The maximum absolute atomic E-state index is 9.02. The van der Waals surface area contributed by atoms with E-state index in [2.05, 4.69) is 32.6 Å². The van der Waals surface area contributed by atoms with E-state index in [1.165, 1.54) is 13.1 Å². The molecule has 2 atom stereocenters. The lowest BCUT2D eigenvalue weighted by Gasteiger charge is -2.46. The molecule has 1 fully saturated rings. The fraction of sp³-hybridized carbons (Fsp3) is 1.00. The van der Waals surface area contributed by atoms with Crippen LogP contribution in [-0.2, 0) is 0 Å². The zero-order valence-electron chi connectivity index (χ0n) is 9.33. The molecule has 2 nitrogen and oxygen atoms in total. The highest BCUT2D eigenvalue weighted by Crippen LogP contribution is 2.27. The summed E-state index contributed by atoms with van der Waals surface area (Å²) < 4.78 is 0. The van der Waals surface area contributed by atoms with Crippen molar-refractivity contribution >= 4 is 0 Å². The summed E-state index contributed by atoms with van der Waals surface area (Å²) in [6.07, 6.45) is 0. The first-order valence-electron chi connectivity index (χ1n) is 5.41. The summed E-state index contributed by atoms with van der Waals surface area (Å²) in [6.45, 7) is 11.7. The molecule has 1 aliphatic rings. The molecule has 78 valence electrons. The molecular formula is C11H23NO. The van der Waals surface area contributed by atoms with Crippen LogP contribution in [0.15, 0.2) is 0 Å². The lowest BCUT2D eigenvalue weighted by Crippen LogP contribution is -2.54. The van der Waals surface area contributed by atoms with E-state index in [1.807, 2.05) is 0 Å². The van der Waals surface area contributed by atoms with Gasteiger partial charge >= 0.3 is 0 Å². The van der Waals surface area contributed by atoms with Crippen molar-refractivity contribution in [1.29, 1.82) is 0 Å². The van der Waals surface area contributed by atoms with Crippen molar-refractivity contribution in [3.63, 3.8) is 0 Å². The average Bonchev–Trinajstić information content (AvgIpc) is 1.99. The Hall–Kier alpha value is -0.0800. The summed E-state index contributed by atoms with van der Waals surface area (Å²) in [5, 5.41) is 9.02. The first-order valence-corrected chi connectivity index (χ1v) is 5.41. The third-order valence-corrected chi connectivity index (χ3v) is 3.57. The van der Waals surface area contributed by atoms with Gasteiger partial charge in [0.05, 0.1) is 0 Å². The van der Waals surface area contributed by atoms with Crippen molar-refractivity contribution in [2.45, 2.75) is 33.7 Å². The van der Waals surface area contributed by atoms with Gasteiger partial charge < -0.3 is 5.11 Å². The lowest BCUT2D eigenvalue weighted by atomic mass is 9.85. The third-order valence-electron chi connectivity index (χ3n) is 3.57. The number of hydrogen-bond donors (Lipinski definition) is 1. The molecule has 0 bridgehead atoms. The van der Waals surface area contributed by atoms with Crippen molar-refractivity contribution in [3.8, 4) is 0 Å². The third kappa shape index (κ3) is 2.44. The van der Waals surface area contributed by atoms with Crippen LogP contribution in [0, 0.1) is 17.8 Å². The van der Waals surface area contributed by atoms with Gasteiger partial charge in [0.25, 0.3) is 0 Å². The van der Waals surface area contributed by atoms with Gasteiger partial charge in [-0.25, -0.2) is 0 Å². The van der Waals surface area contributed by atoms with E-state index < -0.39 is 0 Å². The fourth-order valence-electron chi connectivity index (χ4n) is 1.82. The number of hydrogen-bond acceptors (Lipinski definition) is 2. The second-order valence-corrected chi connectivity index (χ2v) is 4.86. The van der Waals surface area contributed by atoms with Crippen molar-refractivity contribution in [3.05, 3.63) is 0 Å². The molecule has 0 aliphatic carbocycles. The van der Waals surface area contributed by atoms with Crippen LogP contribution in [0.1, 0.15) is 27.7 Å². The molecule has 0 aromatic rings. The first-order chi connectivity index (χ1) is 6.06. The summed E-state index contributed by atoms with van der Waals surface area (Å²) in [5.74, 6) is 2.11. The number of likely N-dealkylation sites (tertiary alicyclic amines) is 1. The number of aliphatic hydroxyl groups excluding tert-OH is 1. The molecule has 1 heterocycles. The largest absolute Gasteiger partial charge is 0.396 e. The van der Waals surface area contributed by atoms with E-state index in [-0.39, 0.29) is 0 Å². The van der Waals surface area contributed by atoms with Gasteiger partial charge in [-0.1, -0.05) is 20.8 Å². The highest BCUT2D eigenvalue weighted by Gasteiger charge is 2.33. The van der Waals surface area contributed by atoms with Gasteiger partial charge in [-0.15, -0.1) is 0 Å². The zero-order chi connectivity index (χ0) is 10.0. The second-order valence-electron chi connectivity index (χ2n) is 4.86. The molecule has 1 rings (SSSR count). The number of aliphatic hydroxyl groups is 1. The van der Waals surface area contributed by atoms with E-state index in [1.54, 1.807) is 0 Å². The summed E-state index contributed by atoms with van der Waals surface area (Å²) in [4.78, 5) is 2.48. The van der Waals surface area contributed by atoms with Gasteiger partial charge in [0.2, 0.25) is 0 Å². The van der Waals surface area contributed by atoms with Crippen molar-refractivity contribution < 1.29 is 5.11 Å². The Labute approximate surface area is 81.9 Å². The topological polar surface area (TPSA) is 23.5 Å². The Morgan fingerprint density at radius 1 is 1.23 bits per heavy atom. The minimum absolute atomic E-state index is 0.310. The van der Waals surface area contributed by atoms with E-state index in [4.69, 9.17) is 5.11 Å². The molecule has 1 N–H and O–H groups in total. The summed E-state index contributed by atoms with van der Waals surface area (Å²) in [7, 11) is 0.